The fourth-order valence-electron chi connectivity index (χ4n) is 2.67. The van der Waals surface area contributed by atoms with Crippen LogP contribution in [0.4, 0.5) is 0 Å². The fraction of sp³-hybridized carbons (Fsp3) is 0.600. The van der Waals surface area contributed by atoms with Gasteiger partial charge in [0.2, 0.25) is 0 Å². The van der Waals surface area contributed by atoms with Gasteiger partial charge >= 0.3 is 0 Å². The highest BCUT2D eigenvalue weighted by Crippen LogP contribution is 2.35. The van der Waals surface area contributed by atoms with Crippen molar-refractivity contribution in [2.24, 2.45) is 0 Å². The monoisotopic (exact) mass is 313 g/mol. The number of ether oxygens (including phenoxy) is 2. The quantitative estimate of drug-likeness (QED) is 0.774. The Morgan fingerprint density at radius 1 is 1.38 bits per heavy atom. The molecule has 1 N–H and O–H groups in total. The summed E-state index contributed by atoms with van der Waals surface area (Å²) in [6.45, 7) is 3.34. The van der Waals surface area contributed by atoms with Crippen LogP contribution in [0.1, 0.15) is 24.9 Å². The highest BCUT2D eigenvalue weighted by molar-refractivity contribution is 7.92. The van der Waals surface area contributed by atoms with E-state index < -0.39 is 15.1 Å². The average Bonchev–Trinajstić information content (AvgIpc) is 2.48. The summed E-state index contributed by atoms with van der Waals surface area (Å²) >= 11 is 0. The molecule has 0 aliphatic carbocycles. The predicted molar refractivity (Wildman–Crippen MR) is 82.4 cm³/mol. The topological polar surface area (TPSA) is 64.6 Å². The summed E-state index contributed by atoms with van der Waals surface area (Å²) < 4.78 is 35.8. The summed E-state index contributed by atoms with van der Waals surface area (Å²) in [4.78, 5) is 0. The van der Waals surface area contributed by atoms with Gasteiger partial charge in [-0.1, -0.05) is 25.1 Å². The van der Waals surface area contributed by atoms with E-state index in [1.807, 2.05) is 31.2 Å². The lowest BCUT2D eigenvalue weighted by atomic mass is 10.0. The van der Waals surface area contributed by atoms with Gasteiger partial charge in [0, 0.05) is 19.3 Å². The Morgan fingerprint density at radius 3 is 2.86 bits per heavy atom. The van der Waals surface area contributed by atoms with Crippen LogP contribution < -0.4 is 10.1 Å². The number of sulfone groups is 1. The first-order chi connectivity index (χ1) is 10.1. The summed E-state index contributed by atoms with van der Waals surface area (Å²) in [5, 5.41) is 2.75. The number of para-hydroxylation sites is 1. The molecule has 0 amide bonds. The second-order valence-electron chi connectivity index (χ2n) is 5.14. The zero-order valence-corrected chi connectivity index (χ0v) is 13.4. The van der Waals surface area contributed by atoms with E-state index in [9.17, 15) is 8.42 Å². The van der Waals surface area contributed by atoms with Gasteiger partial charge in [0.1, 0.15) is 17.6 Å². The third-order valence-electron chi connectivity index (χ3n) is 3.69. The van der Waals surface area contributed by atoms with Crippen LogP contribution in [-0.4, -0.2) is 46.3 Å². The molecule has 1 aromatic rings. The molecule has 0 saturated carbocycles. The summed E-state index contributed by atoms with van der Waals surface area (Å²) in [6, 6.07) is 7.40. The molecular weight excluding hydrogens is 290 g/mol. The normalized spacial score (nSPS) is 21.6. The van der Waals surface area contributed by atoms with Crippen molar-refractivity contribution in [3.63, 3.8) is 0 Å². The Bertz CT molecular complexity index is 559. The van der Waals surface area contributed by atoms with Crippen LogP contribution in [-0.2, 0) is 14.6 Å². The van der Waals surface area contributed by atoms with Crippen molar-refractivity contribution in [1.29, 1.82) is 0 Å². The van der Waals surface area contributed by atoms with E-state index in [-0.39, 0.29) is 18.4 Å². The number of fused-ring (bicyclic) bond motifs is 1. The first-order valence-corrected chi connectivity index (χ1v) is 8.97. The lowest BCUT2D eigenvalue weighted by molar-refractivity contribution is 0.199. The van der Waals surface area contributed by atoms with Gasteiger partial charge in [-0.3, -0.25) is 0 Å². The van der Waals surface area contributed by atoms with Gasteiger partial charge in [-0.05, 0) is 19.0 Å². The second kappa shape index (κ2) is 7.24. The first kappa shape index (κ1) is 16.3. The summed E-state index contributed by atoms with van der Waals surface area (Å²) in [6.07, 6.45) is 0.510. The van der Waals surface area contributed by atoms with E-state index in [1.54, 1.807) is 7.11 Å². The third kappa shape index (κ3) is 3.75. The lowest BCUT2D eigenvalue weighted by Gasteiger charge is -2.33. The van der Waals surface area contributed by atoms with Crippen molar-refractivity contribution in [2.45, 2.75) is 24.6 Å². The zero-order valence-electron chi connectivity index (χ0n) is 12.5. The van der Waals surface area contributed by atoms with E-state index in [2.05, 4.69) is 5.32 Å². The Balaban J connectivity index is 2.23. The summed E-state index contributed by atoms with van der Waals surface area (Å²) in [7, 11) is -1.66. The molecule has 0 saturated heterocycles. The van der Waals surface area contributed by atoms with Gasteiger partial charge in [0.25, 0.3) is 0 Å². The molecule has 21 heavy (non-hydrogen) atoms. The SMILES string of the molecule is CCNC1c2ccccc2OCC1S(=O)(=O)CCCOC. The molecule has 118 valence electrons. The fourth-order valence-corrected chi connectivity index (χ4v) is 4.42. The molecule has 0 fully saturated rings. The first-order valence-electron chi connectivity index (χ1n) is 7.25. The number of rotatable bonds is 7. The maximum absolute atomic E-state index is 12.6. The van der Waals surface area contributed by atoms with Crippen molar-refractivity contribution in [2.75, 3.05) is 32.6 Å². The van der Waals surface area contributed by atoms with E-state index >= 15 is 0 Å². The minimum Gasteiger partial charge on any atom is -0.492 e. The number of hydrogen-bond donors (Lipinski definition) is 1. The standard InChI is InChI=1S/C15H23NO4S/c1-3-16-15-12-7-4-5-8-13(12)20-11-14(15)21(17,18)10-6-9-19-2/h4-5,7-8,14-16H,3,6,9-11H2,1-2H3. The highest BCUT2D eigenvalue weighted by Gasteiger charge is 2.38. The third-order valence-corrected chi connectivity index (χ3v) is 5.88. The van der Waals surface area contributed by atoms with Crippen LogP contribution >= 0.6 is 0 Å². The molecule has 0 radical (unpaired) electrons. The van der Waals surface area contributed by atoms with Crippen LogP contribution in [0, 0.1) is 0 Å². The maximum atomic E-state index is 12.6. The molecule has 0 aromatic heterocycles. The van der Waals surface area contributed by atoms with Crippen LogP contribution in [0.25, 0.3) is 0 Å². The van der Waals surface area contributed by atoms with E-state index in [1.165, 1.54) is 0 Å². The van der Waals surface area contributed by atoms with Gasteiger partial charge in [-0.2, -0.15) is 0 Å². The van der Waals surface area contributed by atoms with Gasteiger partial charge < -0.3 is 14.8 Å². The maximum Gasteiger partial charge on any atom is 0.158 e. The molecular formula is C15H23NO4S. The minimum atomic E-state index is -3.24. The van der Waals surface area contributed by atoms with E-state index in [0.29, 0.717) is 19.6 Å². The Hall–Kier alpha value is -1.11. The van der Waals surface area contributed by atoms with E-state index in [4.69, 9.17) is 9.47 Å². The van der Waals surface area contributed by atoms with Gasteiger partial charge in [-0.25, -0.2) is 8.42 Å². The molecule has 1 aromatic carbocycles. The van der Waals surface area contributed by atoms with Crippen molar-refractivity contribution in [3.05, 3.63) is 29.8 Å². The number of nitrogens with one attached hydrogen (secondary N) is 1. The van der Waals surface area contributed by atoms with Crippen molar-refractivity contribution >= 4 is 9.84 Å². The largest absolute Gasteiger partial charge is 0.492 e. The van der Waals surface area contributed by atoms with Gasteiger partial charge in [-0.15, -0.1) is 0 Å². The number of hydrogen-bond acceptors (Lipinski definition) is 5. The van der Waals surface area contributed by atoms with Crippen molar-refractivity contribution in [1.82, 2.24) is 5.32 Å². The number of benzene rings is 1. The molecule has 1 aliphatic heterocycles. The molecule has 0 bridgehead atoms. The zero-order chi connectivity index (χ0) is 15.3. The molecule has 0 spiro atoms. The lowest BCUT2D eigenvalue weighted by Crippen LogP contribution is -2.45. The molecule has 2 unspecified atom stereocenters. The van der Waals surface area contributed by atoms with E-state index in [0.717, 1.165) is 11.3 Å². The van der Waals surface area contributed by atoms with Gasteiger partial charge in [0.05, 0.1) is 11.8 Å². The molecule has 1 aliphatic rings. The highest BCUT2D eigenvalue weighted by atomic mass is 32.2. The Morgan fingerprint density at radius 2 is 2.14 bits per heavy atom. The van der Waals surface area contributed by atoms with Crippen LogP contribution in [0.2, 0.25) is 0 Å². The average molecular weight is 313 g/mol. The molecule has 5 nitrogen and oxygen atoms in total. The minimum absolute atomic E-state index is 0.124. The Labute approximate surface area is 126 Å². The predicted octanol–water partition coefficient (Wildman–Crippen LogP) is 1.55. The summed E-state index contributed by atoms with van der Waals surface area (Å²) in [5.41, 5.74) is 0.922. The van der Waals surface area contributed by atoms with Crippen LogP contribution in [0.15, 0.2) is 24.3 Å². The van der Waals surface area contributed by atoms with Crippen molar-refractivity contribution in [3.8, 4) is 5.75 Å². The van der Waals surface area contributed by atoms with Crippen LogP contribution in [0.5, 0.6) is 5.75 Å². The molecule has 2 rings (SSSR count). The smallest absolute Gasteiger partial charge is 0.158 e. The molecule has 1 heterocycles. The Kier molecular flexibility index (Phi) is 5.61. The van der Waals surface area contributed by atoms with Crippen molar-refractivity contribution < 1.29 is 17.9 Å². The summed E-state index contributed by atoms with van der Waals surface area (Å²) in [5.74, 6) is 0.894. The van der Waals surface area contributed by atoms with Gasteiger partial charge in [0.15, 0.2) is 9.84 Å². The van der Waals surface area contributed by atoms with Crippen LogP contribution in [0.3, 0.4) is 0 Å². The second-order valence-corrected chi connectivity index (χ2v) is 7.48. The molecule has 6 heteroatoms. The molecule has 2 atom stereocenters. The number of methoxy groups -OCH3 is 1.